The van der Waals surface area contributed by atoms with Crippen LogP contribution in [0.3, 0.4) is 0 Å². The maximum absolute atomic E-state index is 13.3. The highest BCUT2D eigenvalue weighted by Gasteiger charge is 2.33. The van der Waals surface area contributed by atoms with E-state index in [0.717, 1.165) is 12.1 Å². The molecule has 3 rings (SSSR count). The Labute approximate surface area is 193 Å². The van der Waals surface area contributed by atoms with Crippen molar-refractivity contribution in [2.45, 2.75) is 32.5 Å². The smallest absolute Gasteiger partial charge is 0.416 e. The Morgan fingerprint density at radius 2 is 1.59 bits per heavy atom. The summed E-state index contributed by atoms with van der Waals surface area (Å²) < 4.78 is 50.8. The van der Waals surface area contributed by atoms with Crippen LogP contribution in [0.25, 0.3) is 0 Å². The number of nitrogens with zero attached hydrogens (tertiary/aromatic N) is 4. The van der Waals surface area contributed by atoms with Crippen LogP contribution < -0.4 is 9.64 Å². The number of aromatic nitrogens is 2. The highest BCUT2D eigenvalue weighted by Crippen LogP contribution is 2.39. The predicted octanol–water partition coefficient (Wildman–Crippen LogP) is 5.65. The number of benzene rings is 1. The SMILES string of the molecule is CC(C)(C)OC(=O)N1CCN(c2ccc(C(F)(F)F)cc2Oc2nc(Cl)cc(Cl)n2)CC1. The number of hydrogen-bond acceptors (Lipinski definition) is 6. The molecule has 0 N–H and O–H groups in total. The molecule has 0 unspecified atom stereocenters. The standard InChI is InChI=1S/C20H21Cl2F3N4O3/c1-19(2,3)32-18(30)29-8-6-28(7-9-29)13-5-4-12(20(23,24)25)10-14(13)31-17-26-15(21)11-16(22)27-17/h4-5,10-11H,6-9H2,1-3H3. The molecule has 2 aromatic rings. The van der Waals surface area contributed by atoms with Gasteiger partial charge in [0, 0.05) is 32.2 Å². The Morgan fingerprint density at radius 1 is 1.00 bits per heavy atom. The molecule has 0 aliphatic carbocycles. The van der Waals surface area contributed by atoms with E-state index in [4.69, 9.17) is 32.7 Å². The Balaban J connectivity index is 1.84. The van der Waals surface area contributed by atoms with E-state index in [0.29, 0.717) is 31.9 Å². The highest BCUT2D eigenvalue weighted by molar-refractivity contribution is 6.33. The molecule has 1 aromatic heterocycles. The first-order chi connectivity index (χ1) is 14.8. The van der Waals surface area contributed by atoms with Gasteiger partial charge in [0.05, 0.1) is 11.3 Å². The first-order valence-electron chi connectivity index (χ1n) is 9.64. The van der Waals surface area contributed by atoms with Gasteiger partial charge in [0.2, 0.25) is 0 Å². The maximum atomic E-state index is 13.3. The first kappa shape index (κ1) is 24.2. The number of amides is 1. The van der Waals surface area contributed by atoms with Crippen LogP contribution in [0.5, 0.6) is 11.8 Å². The Kier molecular flexibility index (Phi) is 6.94. The molecule has 0 bridgehead atoms. The van der Waals surface area contributed by atoms with Crippen molar-refractivity contribution in [1.82, 2.24) is 14.9 Å². The van der Waals surface area contributed by atoms with E-state index in [2.05, 4.69) is 9.97 Å². The number of anilines is 1. The van der Waals surface area contributed by atoms with Gasteiger partial charge in [-0.1, -0.05) is 23.2 Å². The average Bonchev–Trinajstić information content (AvgIpc) is 2.65. The second kappa shape index (κ2) is 9.19. The summed E-state index contributed by atoms with van der Waals surface area (Å²) in [5.74, 6) is -0.108. The third kappa shape index (κ3) is 6.29. The molecule has 32 heavy (non-hydrogen) atoms. The number of hydrogen-bond donors (Lipinski definition) is 0. The van der Waals surface area contributed by atoms with Gasteiger partial charge in [-0.2, -0.15) is 23.1 Å². The summed E-state index contributed by atoms with van der Waals surface area (Å²) in [6.07, 6.45) is -5.01. The molecule has 0 radical (unpaired) electrons. The molecular formula is C20H21Cl2F3N4O3. The summed E-state index contributed by atoms with van der Waals surface area (Å²) in [7, 11) is 0. The molecule has 174 valence electrons. The molecule has 1 saturated heterocycles. The lowest BCUT2D eigenvalue weighted by molar-refractivity contribution is -0.137. The van der Waals surface area contributed by atoms with E-state index < -0.39 is 23.4 Å². The lowest BCUT2D eigenvalue weighted by atomic mass is 10.1. The molecule has 0 saturated carbocycles. The van der Waals surface area contributed by atoms with Crippen LogP contribution in [0.2, 0.25) is 10.3 Å². The maximum Gasteiger partial charge on any atom is 0.416 e. The van der Waals surface area contributed by atoms with Crippen LogP contribution in [0.1, 0.15) is 26.3 Å². The van der Waals surface area contributed by atoms with Crippen molar-refractivity contribution in [1.29, 1.82) is 0 Å². The summed E-state index contributed by atoms with van der Waals surface area (Å²) in [4.78, 5) is 23.3. The summed E-state index contributed by atoms with van der Waals surface area (Å²) >= 11 is 11.7. The fourth-order valence-corrected chi connectivity index (χ4v) is 3.41. The van der Waals surface area contributed by atoms with Crippen molar-refractivity contribution in [3.63, 3.8) is 0 Å². The van der Waals surface area contributed by atoms with Crippen LogP contribution in [0, 0.1) is 0 Å². The molecular weight excluding hydrogens is 472 g/mol. The van der Waals surface area contributed by atoms with Crippen molar-refractivity contribution < 1.29 is 27.4 Å². The third-order valence-electron chi connectivity index (χ3n) is 4.40. The summed E-state index contributed by atoms with van der Waals surface area (Å²) in [5.41, 5.74) is -1.13. The molecule has 1 amide bonds. The number of alkyl halides is 3. The lowest BCUT2D eigenvalue weighted by Gasteiger charge is -2.37. The first-order valence-corrected chi connectivity index (χ1v) is 10.4. The van der Waals surface area contributed by atoms with E-state index in [1.165, 1.54) is 12.1 Å². The Bertz CT molecular complexity index is 971. The molecule has 0 spiro atoms. The quantitative estimate of drug-likeness (QED) is 0.515. The molecule has 1 aromatic carbocycles. The van der Waals surface area contributed by atoms with E-state index in [9.17, 15) is 18.0 Å². The number of rotatable bonds is 3. The summed E-state index contributed by atoms with van der Waals surface area (Å²) in [6.45, 7) is 6.70. The zero-order chi connectivity index (χ0) is 23.7. The third-order valence-corrected chi connectivity index (χ3v) is 4.79. The summed E-state index contributed by atoms with van der Waals surface area (Å²) in [5, 5.41) is -0.0287. The largest absolute Gasteiger partial charge is 0.444 e. The van der Waals surface area contributed by atoms with Gasteiger partial charge >= 0.3 is 18.3 Å². The van der Waals surface area contributed by atoms with E-state index in [1.807, 2.05) is 4.90 Å². The number of carbonyl (C=O) groups is 1. The lowest BCUT2D eigenvalue weighted by Crippen LogP contribution is -2.50. The average molecular weight is 493 g/mol. The van der Waals surface area contributed by atoms with Crippen molar-refractivity contribution in [2.75, 3.05) is 31.1 Å². The zero-order valence-electron chi connectivity index (χ0n) is 17.5. The second-order valence-electron chi connectivity index (χ2n) is 8.03. The fraction of sp³-hybridized carbons (Fsp3) is 0.450. The minimum Gasteiger partial charge on any atom is -0.444 e. The number of ether oxygens (including phenoxy) is 2. The normalized spacial score (nSPS) is 15.0. The Hall–Kier alpha value is -2.46. The van der Waals surface area contributed by atoms with Crippen LogP contribution in [-0.2, 0) is 10.9 Å². The van der Waals surface area contributed by atoms with Gasteiger partial charge in [0.15, 0.2) is 5.75 Å². The summed E-state index contributed by atoms with van der Waals surface area (Å²) in [6, 6.07) is 4.14. The Morgan fingerprint density at radius 3 is 2.12 bits per heavy atom. The molecule has 12 heteroatoms. The predicted molar refractivity (Wildman–Crippen MR) is 114 cm³/mol. The van der Waals surface area contributed by atoms with Gasteiger partial charge in [-0.05, 0) is 39.0 Å². The minimum absolute atomic E-state index is 0.0144. The van der Waals surface area contributed by atoms with Crippen LogP contribution >= 0.6 is 23.2 Å². The van der Waals surface area contributed by atoms with Crippen molar-refractivity contribution >= 4 is 35.0 Å². The van der Waals surface area contributed by atoms with Crippen molar-refractivity contribution in [3.05, 3.63) is 40.1 Å². The van der Waals surface area contributed by atoms with Gasteiger partial charge in [-0.25, -0.2) is 4.79 Å². The highest BCUT2D eigenvalue weighted by atomic mass is 35.5. The molecule has 1 aliphatic rings. The number of carbonyl (C=O) groups excluding carboxylic acids is 1. The van der Waals surface area contributed by atoms with Gasteiger partial charge in [-0.3, -0.25) is 0 Å². The molecule has 7 nitrogen and oxygen atoms in total. The van der Waals surface area contributed by atoms with Gasteiger partial charge in [0.25, 0.3) is 0 Å². The molecule has 2 heterocycles. The topological polar surface area (TPSA) is 67.8 Å². The fourth-order valence-electron chi connectivity index (χ4n) is 3.00. The molecule has 1 aliphatic heterocycles. The second-order valence-corrected chi connectivity index (χ2v) is 8.81. The van der Waals surface area contributed by atoms with E-state index >= 15 is 0 Å². The molecule has 0 atom stereocenters. The van der Waals surface area contributed by atoms with Gasteiger partial charge in [0.1, 0.15) is 15.9 Å². The number of halogens is 5. The monoisotopic (exact) mass is 492 g/mol. The van der Waals surface area contributed by atoms with Gasteiger partial charge in [-0.15, -0.1) is 0 Å². The van der Waals surface area contributed by atoms with Crippen LogP contribution in [0.4, 0.5) is 23.7 Å². The van der Waals surface area contributed by atoms with Crippen molar-refractivity contribution in [3.8, 4) is 11.8 Å². The van der Waals surface area contributed by atoms with E-state index in [-0.39, 0.29) is 22.1 Å². The number of piperazine rings is 1. The van der Waals surface area contributed by atoms with Crippen LogP contribution in [-0.4, -0.2) is 52.7 Å². The van der Waals surface area contributed by atoms with Crippen LogP contribution in [0.15, 0.2) is 24.3 Å². The molecule has 1 fully saturated rings. The van der Waals surface area contributed by atoms with Crippen molar-refractivity contribution in [2.24, 2.45) is 0 Å². The van der Waals surface area contributed by atoms with E-state index in [1.54, 1.807) is 25.7 Å². The van der Waals surface area contributed by atoms with Gasteiger partial charge < -0.3 is 19.3 Å². The zero-order valence-corrected chi connectivity index (χ0v) is 19.1. The minimum atomic E-state index is -4.57.